The van der Waals surface area contributed by atoms with Gasteiger partial charge in [0.1, 0.15) is 5.82 Å². The molecule has 0 heterocycles. The molecule has 4 heteroatoms. The number of nitrogens with one attached hydrogen (secondary N) is 1. The van der Waals surface area contributed by atoms with Crippen molar-refractivity contribution >= 4 is 24.2 Å². The molecule has 0 aliphatic heterocycles. The van der Waals surface area contributed by atoms with Crippen molar-refractivity contribution in [2.45, 2.75) is 6.92 Å². The smallest absolute Gasteiger partial charge is 0.228 e. The van der Waals surface area contributed by atoms with Crippen LogP contribution in [0, 0.1) is 11.7 Å². The van der Waals surface area contributed by atoms with Crippen molar-refractivity contribution in [2.75, 3.05) is 11.1 Å². The lowest BCUT2D eigenvalue weighted by Crippen LogP contribution is -2.21. The second-order valence-electron chi connectivity index (χ2n) is 3.08. The fraction of sp³-hybridized carbons (Fsp3) is 0.300. The van der Waals surface area contributed by atoms with Crippen LogP contribution in [0.1, 0.15) is 6.92 Å². The maximum absolute atomic E-state index is 12.5. The molecule has 0 bridgehead atoms. The SMILES string of the molecule is CC(CS)C(=O)Nc1ccc(F)cc1. The molecule has 0 saturated heterocycles. The van der Waals surface area contributed by atoms with Crippen LogP contribution in [0.25, 0.3) is 0 Å². The lowest BCUT2D eigenvalue weighted by atomic mass is 10.2. The summed E-state index contributed by atoms with van der Waals surface area (Å²) in [6.45, 7) is 1.78. The van der Waals surface area contributed by atoms with Crippen molar-refractivity contribution in [3.05, 3.63) is 30.1 Å². The molecular formula is C10H12FNOS. The van der Waals surface area contributed by atoms with Gasteiger partial charge in [-0.3, -0.25) is 4.79 Å². The summed E-state index contributed by atoms with van der Waals surface area (Å²) in [5.74, 6) is -0.0761. The van der Waals surface area contributed by atoms with Crippen LogP contribution in [0.2, 0.25) is 0 Å². The van der Waals surface area contributed by atoms with Gasteiger partial charge in [0.25, 0.3) is 0 Å². The molecule has 0 aliphatic rings. The molecule has 1 atom stereocenters. The Hall–Kier alpha value is -1.03. The van der Waals surface area contributed by atoms with Crippen LogP contribution in [-0.4, -0.2) is 11.7 Å². The highest BCUT2D eigenvalue weighted by molar-refractivity contribution is 7.80. The molecule has 1 N–H and O–H groups in total. The Morgan fingerprint density at radius 3 is 2.57 bits per heavy atom. The van der Waals surface area contributed by atoms with Crippen LogP contribution in [-0.2, 0) is 4.79 Å². The molecule has 0 saturated carbocycles. The van der Waals surface area contributed by atoms with Crippen molar-refractivity contribution in [1.29, 1.82) is 0 Å². The minimum Gasteiger partial charge on any atom is -0.326 e. The fourth-order valence-corrected chi connectivity index (χ4v) is 1.05. The van der Waals surface area contributed by atoms with Gasteiger partial charge in [0.05, 0.1) is 0 Å². The topological polar surface area (TPSA) is 29.1 Å². The molecule has 1 rings (SSSR count). The highest BCUT2D eigenvalue weighted by Gasteiger charge is 2.10. The number of benzene rings is 1. The Labute approximate surface area is 87.9 Å². The lowest BCUT2D eigenvalue weighted by Gasteiger charge is -2.09. The van der Waals surface area contributed by atoms with Crippen molar-refractivity contribution < 1.29 is 9.18 Å². The van der Waals surface area contributed by atoms with Crippen LogP contribution in [0.15, 0.2) is 24.3 Å². The molecule has 2 nitrogen and oxygen atoms in total. The number of carbonyl (C=O) groups is 1. The summed E-state index contributed by atoms with van der Waals surface area (Å²) in [6.07, 6.45) is 0. The first-order valence-electron chi connectivity index (χ1n) is 4.30. The van der Waals surface area contributed by atoms with Gasteiger partial charge in [-0.1, -0.05) is 6.92 Å². The quantitative estimate of drug-likeness (QED) is 0.741. The summed E-state index contributed by atoms with van der Waals surface area (Å²) in [6, 6.07) is 5.67. The second-order valence-corrected chi connectivity index (χ2v) is 3.44. The van der Waals surface area contributed by atoms with E-state index in [1.54, 1.807) is 6.92 Å². The molecule has 0 radical (unpaired) electrons. The van der Waals surface area contributed by atoms with Crippen molar-refractivity contribution in [3.63, 3.8) is 0 Å². The van der Waals surface area contributed by atoms with Gasteiger partial charge in [-0.2, -0.15) is 12.6 Å². The highest BCUT2D eigenvalue weighted by atomic mass is 32.1. The van der Waals surface area contributed by atoms with Crippen molar-refractivity contribution in [1.82, 2.24) is 0 Å². The van der Waals surface area contributed by atoms with Crippen LogP contribution in [0.4, 0.5) is 10.1 Å². The lowest BCUT2D eigenvalue weighted by molar-refractivity contribution is -0.118. The summed E-state index contributed by atoms with van der Waals surface area (Å²) in [5.41, 5.74) is 0.602. The minimum atomic E-state index is -0.315. The van der Waals surface area contributed by atoms with Crippen LogP contribution >= 0.6 is 12.6 Å². The summed E-state index contributed by atoms with van der Waals surface area (Å²) < 4.78 is 12.5. The van der Waals surface area contributed by atoms with E-state index in [0.717, 1.165) is 0 Å². The number of rotatable bonds is 3. The molecule has 14 heavy (non-hydrogen) atoms. The monoisotopic (exact) mass is 213 g/mol. The number of hydrogen-bond acceptors (Lipinski definition) is 2. The third kappa shape index (κ3) is 3.03. The number of hydrogen-bond donors (Lipinski definition) is 2. The molecular weight excluding hydrogens is 201 g/mol. The molecule has 0 fully saturated rings. The van der Waals surface area contributed by atoms with Gasteiger partial charge in [-0.15, -0.1) is 0 Å². The third-order valence-electron chi connectivity index (χ3n) is 1.83. The Morgan fingerprint density at radius 2 is 2.07 bits per heavy atom. The summed E-state index contributed by atoms with van der Waals surface area (Å²) >= 11 is 4.02. The molecule has 1 aromatic rings. The summed E-state index contributed by atoms with van der Waals surface area (Å²) in [4.78, 5) is 11.4. The average Bonchev–Trinajstić information content (AvgIpc) is 2.20. The first kappa shape index (κ1) is 11.0. The molecule has 0 aliphatic carbocycles. The van der Waals surface area contributed by atoms with Gasteiger partial charge in [-0.25, -0.2) is 4.39 Å². The van der Waals surface area contributed by atoms with E-state index in [2.05, 4.69) is 17.9 Å². The van der Waals surface area contributed by atoms with Gasteiger partial charge >= 0.3 is 0 Å². The van der Waals surface area contributed by atoms with E-state index in [0.29, 0.717) is 11.4 Å². The standard InChI is InChI=1S/C10H12FNOS/c1-7(6-14)10(13)12-9-4-2-8(11)3-5-9/h2-5,7,14H,6H2,1H3,(H,12,13). The van der Waals surface area contributed by atoms with Crippen LogP contribution in [0.5, 0.6) is 0 Å². The van der Waals surface area contributed by atoms with Gasteiger partial charge in [0.2, 0.25) is 5.91 Å². The molecule has 0 spiro atoms. The predicted octanol–water partition coefficient (Wildman–Crippen LogP) is 2.33. The molecule has 0 aromatic heterocycles. The minimum absolute atomic E-state index is 0.105. The van der Waals surface area contributed by atoms with E-state index in [9.17, 15) is 9.18 Å². The first-order chi connectivity index (χ1) is 6.63. The van der Waals surface area contributed by atoms with Gasteiger partial charge < -0.3 is 5.32 Å². The largest absolute Gasteiger partial charge is 0.326 e. The zero-order chi connectivity index (χ0) is 10.6. The number of halogens is 1. The zero-order valence-corrected chi connectivity index (χ0v) is 8.72. The maximum atomic E-state index is 12.5. The van der Waals surface area contributed by atoms with Crippen LogP contribution < -0.4 is 5.32 Å². The number of amides is 1. The fourth-order valence-electron chi connectivity index (χ4n) is 0.882. The van der Waals surface area contributed by atoms with E-state index in [-0.39, 0.29) is 17.6 Å². The van der Waals surface area contributed by atoms with Gasteiger partial charge in [0, 0.05) is 17.4 Å². The van der Waals surface area contributed by atoms with Crippen molar-refractivity contribution in [2.24, 2.45) is 5.92 Å². The molecule has 1 aromatic carbocycles. The number of thiol groups is 1. The number of anilines is 1. The van der Waals surface area contributed by atoms with Gasteiger partial charge in [-0.05, 0) is 24.3 Å². The van der Waals surface area contributed by atoms with Crippen molar-refractivity contribution in [3.8, 4) is 0 Å². The van der Waals surface area contributed by atoms with Gasteiger partial charge in [0.15, 0.2) is 0 Å². The average molecular weight is 213 g/mol. The maximum Gasteiger partial charge on any atom is 0.228 e. The highest BCUT2D eigenvalue weighted by Crippen LogP contribution is 2.10. The summed E-state index contributed by atoms with van der Waals surface area (Å²) in [7, 11) is 0. The normalized spacial score (nSPS) is 12.2. The third-order valence-corrected chi connectivity index (χ3v) is 2.38. The van der Waals surface area contributed by atoms with E-state index >= 15 is 0 Å². The second kappa shape index (κ2) is 5.00. The Kier molecular flexibility index (Phi) is 3.95. The number of carbonyl (C=O) groups excluding carboxylic acids is 1. The van der Waals surface area contributed by atoms with Crippen LogP contribution in [0.3, 0.4) is 0 Å². The Bertz CT molecular complexity index is 312. The Balaban J connectivity index is 2.60. The Morgan fingerprint density at radius 1 is 1.50 bits per heavy atom. The molecule has 1 amide bonds. The van der Waals surface area contributed by atoms with E-state index in [1.807, 2.05) is 0 Å². The predicted molar refractivity (Wildman–Crippen MR) is 58.0 cm³/mol. The molecule has 76 valence electrons. The first-order valence-corrected chi connectivity index (χ1v) is 4.94. The zero-order valence-electron chi connectivity index (χ0n) is 7.83. The molecule has 1 unspecified atom stereocenters. The van der Waals surface area contributed by atoms with E-state index < -0.39 is 0 Å². The van der Waals surface area contributed by atoms with E-state index in [1.165, 1.54) is 24.3 Å². The van der Waals surface area contributed by atoms with E-state index in [4.69, 9.17) is 0 Å². The summed E-state index contributed by atoms with van der Waals surface area (Å²) in [5, 5.41) is 2.67.